The predicted molar refractivity (Wildman–Crippen MR) is 70.6 cm³/mol. The number of rotatable bonds is 4. The molecule has 7 heteroatoms. The molecule has 2 heterocycles. The SMILES string of the molecule is C[C@@H](NC(=O)[C@H](C)n1cncn1)c1ccc(Cl)s1. The Kier molecular flexibility index (Phi) is 3.98. The fourth-order valence-corrected chi connectivity index (χ4v) is 2.57. The molecule has 2 rings (SSSR count). The first-order valence-electron chi connectivity index (χ1n) is 5.47. The summed E-state index contributed by atoms with van der Waals surface area (Å²) in [6, 6.07) is 3.29. The Hall–Kier alpha value is -1.40. The highest BCUT2D eigenvalue weighted by Gasteiger charge is 2.18. The smallest absolute Gasteiger partial charge is 0.245 e. The van der Waals surface area contributed by atoms with Crippen LogP contribution in [0.5, 0.6) is 0 Å². The maximum atomic E-state index is 12.0. The van der Waals surface area contributed by atoms with Crippen molar-refractivity contribution in [2.45, 2.75) is 25.9 Å². The average molecular weight is 285 g/mol. The fraction of sp³-hybridized carbons (Fsp3) is 0.364. The van der Waals surface area contributed by atoms with Crippen LogP contribution in [0, 0.1) is 0 Å². The van der Waals surface area contributed by atoms with Gasteiger partial charge in [-0.15, -0.1) is 11.3 Å². The van der Waals surface area contributed by atoms with Crippen LogP contribution in [-0.4, -0.2) is 20.7 Å². The van der Waals surface area contributed by atoms with Gasteiger partial charge in [0.25, 0.3) is 0 Å². The van der Waals surface area contributed by atoms with Gasteiger partial charge in [-0.05, 0) is 26.0 Å². The zero-order valence-electron chi connectivity index (χ0n) is 10.0. The van der Waals surface area contributed by atoms with E-state index < -0.39 is 0 Å². The third-order valence-electron chi connectivity index (χ3n) is 2.59. The Balaban J connectivity index is 1.99. The molecule has 0 aliphatic carbocycles. The summed E-state index contributed by atoms with van der Waals surface area (Å²) in [7, 11) is 0. The van der Waals surface area contributed by atoms with Gasteiger partial charge >= 0.3 is 0 Å². The van der Waals surface area contributed by atoms with E-state index in [4.69, 9.17) is 11.6 Å². The van der Waals surface area contributed by atoms with Gasteiger partial charge in [0.1, 0.15) is 18.7 Å². The molecule has 0 bridgehead atoms. The van der Waals surface area contributed by atoms with Crippen molar-refractivity contribution >= 4 is 28.8 Å². The van der Waals surface area contributed by atoms with Crippen LogP contribution in [0.1, 0.15) is 30.8 Å². The summed E-state index contributed by atoms with van der Waals surface area (Å²) in [5.41, 5.74) is 0. The standard InChI is InChI=1S/C11H13ClN4OS/c1-7(9-3-4-10(12)18-9)15-11(17)8(2)16-6-13-5-14-16/h3-8H,1-2H3,(H,15,17)/t7-,8+/m1/s1. The quantitative estimate of drug-likeness (QED) is 0.938. The fourth-order valence-electron chi connectivity index (χ4n) is 1.50. The van der Waals surface area contributed by atoms with Gasteiger partial charge in [-0.3, -0.25) is 4.79 Å². The van der Waals surface area contributed by atoms with E-state index in [0.717, 1.165) is 9.21 Å². The minimum atomic E-state index is -0.384. The molecule has 2 atom stereocenters. The number of hydrogen-bond acceptors (Lipinski definition) is 4. The van der Waals surface area contributed by atoms with Crippen molar-refractivity contribution in [1.82, 2.24) is 20.1 Å². The van der Waals surface area contributed by atoms with Crippen LogP contribution in [0.25, 0.3) is 0 Å². The van der Waals surface area contributed by atoms with Gasteiger partial charge < -0.3 is 5.32 Å². The maximum Gasteiger partial charge on any atom is 0.245 e. The Labute approximate surface area is 114 Å². The molecule has 2 aromatic rings. The van der Waals surface area contributed by atoms with Gasteiger partial charge in [0.2, 0.25) is 5.91 Å². The van der Waals surface area contributed by atoms with E-state index in [1.807, 2.05) is 19.1 Å². The Morgan fingerprint density at radius 3 is 2.83 bits per heavy atom. The zero-order chi connectivity index (χ0) is 13.1. The summed E-state index contributed by atoms with van der Waals surface area (Å²) < 4.78 is 2.24. The zero-order valence-corrected chi connectivity index (χ0v) is 11.6. The van der Waals surface area contributed by atoms with Gasteiger partial charge in [0, 0.05) is 4.88 Å². The molecule has 0 radical (unpaired) electrons. The van der Waals surface area contributed by atoms with E-state index in [1.54, 1.807) is 6.92 Å². The maximum absolute atomic E-state index is 12.0. The van der Waals surface area contributed by atoms with Crippen LogP contribution in [0.3, 0.4) is 0 Å². The van der Waals surface area contributed by atoms with E-state index in [0.29, 0.717) is 0 Å². The van der Waals surface area contributed by atoms with Crippen LogP contribution in [0.4, 0.5) is 0 Å². The number of nitrogens with one attached hydrogen (secondary N) is 1. The number of amides is 1. The van der Waals surface area contributed by atoms with Crippen LogP contribution in [0.15, 0.2) is 24.8 Å². The highest BCUT2D eigenvalue weighted by molar-refractivity contribution is 7.16. The van der Waals surface area contributed by atoms with Crippen molar-refractivity contribution in [2.75, 3.05) is 0 Å². The Morgan fingerprint density at radius 1 is 1.50 bits per heavy atom. The predicted octanol–water partition coefficient (Wildman–Crippen LogP) is 2.43. The molecule has 0 unspecified atom stereocenters. The molecule has 2 aromatic heterocycles. The molecule has 0 fully saturated rings. The molecule has 0 saturated carbocycles. The van der Waals surface area contributed by atoms with Gasteiger partial charge in [-0.1, -0.05) is 11.6 Å². The lowest BCUT2D eigenvalue weighted by Crippen LogP contribution is -2.32. The lowest BCUT2D eigenvalue weighted by atomic mass is 10.2. The van der Waals surface area contributed by atoms with E-state index >= 15 is 0 Å². The van der Waals surface area contributed by atoms with Gasteiger partial charge in [-0.2, -0.15) is 5.10 Å². The Morgan fingerprint density at radius 2 is 2.28 bits per heavy atom. The largest absolute Gasteiger partial charge is 0.347 e. The number of thiophene rings is 1. The van der Waals surface area contributed by atoms with Gasteiger partial charge in [-0.25, -0.2) is 9.67 Å². The first-order valence-corrected chi connectivity index (χ1v) is 6.67. The van der Waals surface area contributed by atoms with Crippen LogP contribution in [-0.2, 0) is 4.79 Å². The van der Waals surface area contributed by atoms with E-state index in [2.05, 4.69) is 15.4 Å². The second-order valence-electron chi connectivity index (χ2n) is 3.92. The molecule has 0 saturated heterocycles. The summed E-state index contributed by atoms with van der Waals surface area (Å²) >= 11 is 7.33. The first kappa shape index (κ1) is 13.0. The second kappa shape index (κ2) is 5.49. The first-order chi connectivity index (χ1) is 8.58. The summed E-state index contributed by atoms with van der Waals surface area (Å²) in [5.74, 6) is -0.0995. The van der Waals surface area contributed by atoms with Gasteiger partial charge in [0.05, 0.1) is 10.4 Å². The highest BCUT2D eigenvalue weighted by Crippen LogP contribution is 2.26. The molecule has 0 aliphatic rings. The van der Waals surface area contributed by atoms with Crippen molar-refractivity contribution in [1.29, 1.82) is 0 Å². The number of aromatic nitrogens is 3. The third-order valence-corrected chi connectivity index (χ3v) is 4.01. The lowest BCUT2D eigenvalue weighted by molar-refractivity contribution is -0.124. The van der Waals surface area contributed by atoms with E-state index in [9.17, 15) is 4.79 Å². The lowest BCUT2D eigenvalue weighted by Gasteiger charge is -2.16. The molecule has 96 valence electrons. The summed E-state index contributed by atoms with van der Waals surface area (Å²) in [6.45, 7) is 3.70. The highest BCUT2D eigenvalue weighted by atomic mass is 35.5. The summed E-state index contributed by atoms with van der Waals surface area (Å²) in [5, 5.41) is 6.87. The van der Waals surface area contributed by atoms with Crippen LogP contribution < -0.4 is 5.32 Å². The van der Waals surface area contributed by atoms with Crippen molar-refractivity contribution in [3.8, 4) is 0 Å². The number of halogens is 1. The minimum Gasteiger partial charge on any atom is -0.347 e. The van der Waals surface area contributed by atoms with Crippen molar-refractivity contribution in [3.05, 3.63) is 34.0 Å². The number of carbonyl (C=O) groups is 1. The molecule has 5 nitrogen and oxygen atoms in total. The van der Waals surface area contributed by atoms with Crippen LogP contribution in [0.2, 0.25) is 4.34 Å². The normalized spacial score (nSPS) is 14.2. The topological polar surface area (TPSA) is 59.8 Å². The van der Waals surface area contributed by atoms with Crippen molar-refractivity contribution in [2.24, 2.45) is 0 Å². The third kappa shape index (κ3) is 2.88. The van der Waals surface area contributed by atoms with Crippen molar-refractivity contribution < 1.29 is 4.79 Å². The van der Waals surface area contributed by atoms with Gasteiger partial charge in [0.15, 0.2) is 0 Å². The van der Waals surface area contributed by atoms with E-state index in [-0.39, 0.29) is 18.0 Å². The Bertz CT molecular complexity index is 525. The molecule has 0 aliphatic heterocycles. The molecular formula is C11H13ClN4OS. The minimum absolute atomic E-state index is 0.0685. The van der Waals surface area contributed by atoms with Crippen LogP contribution >= 0.6 is 22.9 Å². The molecule has 0 spiro atoms. The van der Waals surface area contributed by atoms with Crippen molar-refractivity contribution in [3.63, 3.8) is 0 Å². The van der Waals surface area contributed by atoms with E-state index in [1.165, 1.54) is 28.7 Å². The number of carbonyl (C=O) groups excluding carboxylic acids is 1. The number of nitrogens with zero attached hydrogens (tertiary/aromatic N) is 3. The summed E-state index contributed by atoms with van der Waals surface area (Å²) in [6.07, 6.45) is 2.93. The number of hydrogen-bond donors (Lipinski definition) is 1. The molecule has 1 amide bonds. The molecule has 0 aromatic carbocycles. The molecule has 18 heavy (non-hydrogen) atoms. The second-order valence-corrected chi connectivity index (χ2v) is 5.67. The average Bonchev–Trinajstić information content (AvgIpc) is 2.98. The monoisotopic (exact) mass is 284 g/mol. The summed E-state index contributed by atoms with van der Waals surface area (Å²) in [4.78, 5) is 16.9. The molecular weight excluding hydrogens is 272 g/mol. The molecule has 1 N–H and O–H groups in total.